The lowest BCUT2D eigenvalue weighted by Crippen LogP contribution is -2.38. The molecule has 112 valence electrons. The number of aryl methyl sites for hydroxylation is 2. The summed E-state index contributed by atoms with van der Waals surface area (Å²) in [5, 5.41) is 3.40. The molecule has 0 aliphatic heterocycles. The third kappa shape index (κ3) is 3.92. The molecule has 0 radical (unpaired) electrons. The zero-order valence-electron chi connectivity index (χ0n) is 12.2. The Kier molecular flexibility index (Phi) is 4.75. The molecule has 1 aromatic carbocycles. The van der Waals surface area contributed by atoms with Gasteiger partial charge in [-0.1, -0.05) is 17.7 Å². The Bertz CT molecular complexity index is 652. The zero-order chi connectivity index (χ0) is 15.4. The van der Waals surface area contributed by atoms with E-state index in [9.17, 15) is 4.79 Å². The molecule has 0 atom stereocenters. The maximum Gasteiger partial charge on any atom is 0.333 e. The first-order valence-corrected chi connectivity index (χ1v) is 6.96. The van der Waals surface area contributed by atoms with E-state index in [0.29, 0.717) is 11.6 Å². The van der Waals surface area contributed by atoms with Crippen LogP contribution in [0.2, 0.25) is 5.02 Å². The highest BCUT2D eigenvalue weighted by molar-refractivity contribution is 6.31. The van der Waals surface area contributed by atoms with Gasteiger partial charge in [0, 0.05) is 17.1 Å². The monoisotopic (exact) mass is 307 g/mol. The van der Waals surface area contributed by atoms with Crippen LogP contribution in [0.25, 0.3) is 0 Å². The molecule has 0 saturated carbocycles. The number of carbonyl (C=O) groups excluding carboxylic acids is 1. The molecule has 0 bridgehead atoms. The van der Waals surface area contributed by atoms with Crippen LogP contribution in [0.1, 0.15) is 22.6 Å². The Hall–Kier alpha value is -2.14. The number of nitrogens with one attached hydrogen (secondary N) is 3. The standard InChI is InChI=1S/C15H18ClN3O2/c1-9-7-12(11(3)21-9)8-17-15(20)19-18-14-6-4-5-13(16)10(14)2/h4-7,18H,8H2,1-3H3,(H2,17,19,20). The second kappa shape index (κ2) is 6.54. The van der Waals surface area contributed by atoms with Crippen LogP contribution in [0.5, 0.6) is 0 Å². The molecule has 0 fully saturated rings. The van der Waals surface area contributed by atoms with Crippen molar-refractivity contribution in [3.05, 3.63) is 51.9 Å². The van der Waals surface area contributed by atoms with Crippen molar-refractivity contribution in [3.63, 3.8) is 0 Å². The van der Waals surface area contributed by atoms with Crippen LogP contribution in [0.3, 0.4) is 0 Å². The van der Waals surface area contributed by atoms with Crippen molar-refractivity contribution in [1.82, 2.24) is 10.7 Å². The molecular formula is C15H18ClN3O2. The fraction of sp³-hybridized carbons (Fsp3) is 0.267. The highest BCUT2D eigenvalue weighted by Gasteiger charge is 2.07. The van der Waals surface area contributed by atoms with Gasteiger partial charge in [-0.25, -0.2) is 4.79 Å². The first kappa shape index (κ1) is 15.3. The fourth-order valence-electron chi connectivity index (χ4n) is 1.95. The maximum absolute atomic E-state index is 11.8. The zero-order valence-corrected chi connectivity index (χ0v) is 13.0. The predicted octanol–water partition coefficient (Wildman–Crippen LogP) is 3.68. The molecule has 2 rings (SSSR count). The molecule has 0 unspecified atom stereocenters. The Morgan fingerprint density at radius 2 is 2.05 bits per heavy atom. The molecule has 0 saturated heterocycles. The maximum atomic E-state index is 11.8. The van der Waals surface area contributed by atoms with Crippen LogP contribution >= 0.6 is 11.6 Å². The lowest BCUT2D eigenvalue weighted by molar-refractivity contribution is 0.242. The van der Waals surface area contributed by atoms with Gasteiger partial charge in [-0.15, -0.1) is 0 Å². The van der Waals surface area contributed by atoms with Crippen molar-refractivity contribution < 1.29 is 9.21 Å². The number of benzene rings is 1. The Balaban J connectivity index is 1.85. The first-order valence-electron chi connectivity index (χ1n) is 6.58. The average Bonchev–Trinajstić information content (AvgIpc) is 2.76. The number of carbonyl (C=O) groups is 1. The molecule has 2 amide bonds. The van der Waals surface area contributed by atoms with Gasteiger partial charge in [0.15, 0.2) is 0 Å². The highest BCUT2D eigenvalue weighted by atomic mass is 35.5. The van der Waals surface area contributed by atoms with E-state index in [4.69, 9.17) is 16.0 Å². The molecule has 0 spiro atoms. The Labute approximate surface area is 128 Å². The SMILES string of the molecule is Cc1cc(CNC(=O)NNc2cccc(Cl)c2C)c(C)o1. The number of halogens is 1. The van der Waals surface area contributed by atoms with Gasteiger partial charge < -0.3 is 9.73 Å². The van der Waals surface area contributed by atoms with Crippen molar-refractivity contribution in [3.8, 4) is 0 Å². The van der Waals surface area contributed by atoms with Crippen molar-refractivity contribution in [2.75, 3.05) is 5.43 Å². The molecule has 3 N–H and O–H groups in total. The molecule has 1 heterocycles. The number of amides is 2. The molecule has 2 aromatic rings. The third-order valence-electron chi connectivity index (χ3n) is 3.16. The summed E-state index contributed by atoms with van der Waals surface area (Å²) in [5.74, 6) is 1.64. The van der Waals surface area contributed by atoms with Crippen LogP contribution in [-0.4, -0.2) is 6.03 Å². The van der Waals surface area contributed by atoms with E-state index in [2.05, 4.69) is 16.2 Å². The Morgan fingerprint density at radius 3 is 2.71 bits per heavy atom. The largest absolute Gasteiger partial charge is 0.466 e. The fourth-order valence-corrected chi connectivity index (χ4v) is 2.12. The molecule has 5 nitrogen and oxygen atoms in total. The lowest BCUT2D eigenvalue weighted by Gasteiger charge is -2.12. The minimum atomic E-state index is -0.326. The second-order valence-electron chi connectivity index (χ2n) is 4.78. The van der Waals surface area contributed by atoms with E-state index in [-0.39, 0.29) is 6.03 Å². The van der Waals surface area contributed by atoms with E-state index in [1.54, 1.807) is 6.07 Å². The Morgan fingerprint density at radius 1 is 1.29 bits per heavy atom. The van der Waals surface area contributed by atoms with Gasteiger partial charge in [-0.2, -0.15) is 0 Å². The number of furan rings is 1. The molecule has 21 heavy (non-hydrogen) atoms. The summed E-state index contributed by atoms with van der Waals surface area (Å²) in [6.07, 6.45) is 0. The summed E-state index contributed by atoms with van der Waals surface area (Å²) in [6.45, 7) is 6.03. The van der Waals surface area contributed by atoms with Crippen LogP contribution in [0, 0.1) is 20.8 Å². The topological polar surface area (TPSA) is 66.3 Å². The summed E-state index contributed by atoms with van der Waals surface area (Å²) >= 11 is 6.01. The predicted molar refractivity (Wildman–Crippen MR) is 83.4 cm³/mol. The summed E-state index contributed by atoms with van der Waals surface area (Å²) < 4.78 is 5.40. The molecular weight excluding hydrogens is 290 g/mol. The highest BCUT2D eigenvalue weighted by Crippen LogP contribution is 2.22. The van der Waals surface area contributed by atoms with E-state index < -0.39 is 0 Å². The van der Waals surface area contributed by atoms with Crippen LogP contribution in [0.15, 0.2) is 28.7 Å². The number of rotatable bonds is 4. The molecule has 6 heteroatoms. The summed E-state index contributed by atoms with van der Waals surface area (Å²) in [5.41, 5.74) is 8.01. The van der Waals surface area contributed by atoms with Gasteiger partial charge in [0.05, 0.1) is 5.69 Å². The normalized spacial score (nSPS) is 10.3. The van der Waals surface area contributed by atoms with E-state index in [1.807, 2.05) is 39.0 Å². The molecule has 1 aromatic heterocycles. The van der Waals surface area contributed by atoms with Crippen molar-refractivity contribution in [1.29, 1.82) is 0 Å². The second-order valence-corrected chi connectivity index (χ2v) is 5.19. The van der Waals surface area contributed by atoms with Crippen LogP contribution in [0.4, 0.5) is 10.5 Å². The van der Waals surface area contributed by atoms with Crippen molar-refractivity contribution >= 4 is 23.3 Å². The smallest absolute Gasteiger partial charge is 0.333 e. The van der Waals surface area contributed by atoms with Crippen molar-refractivity contribution in [2.45, 2.75) is 27.3 Å². The minimum Gasteiger partial charge on any atom is -0.466 e. The third-order valence-corrected chi connectivity index (χ3v) is 3.57. The number of anilines is 1. The number of hydrazine groups is 1. The van der Waals surface area contributed by atoms with Gasteiger partial charge in [0.2, 0.25) is 0 Å². The number of hydrogen-bond acceptors (Lipinski definition) is 3. The first-order chi connectivity index (χ1) is 9.97. The number of urea groups is 1. The summed E-state index contributed by atoms with van der Waals surface area (Å²) in [4.78, 5) is 11.8. The quantitative estimate of drug-likeness (QED) is 0.755. The lowest BCUT2D eigenvalue weighted by atomic mass is 10.2. The van der Waals surface area contributed by atoms with E-state index in [1.165, 1.54) is 0 Å². The van der Waals surface area contributed by atoms with Gasteiger partial charge in [0.1, 0.15) is 11.5 Å². The summed E-state index contributed by atoms with van der Waals surface area (Å²) in [7, 11) is 0. The van der Waals surface area contributed by atoms with Gasteiger partial charge in [-0.3, -0.25) is 10.9 Å². The molecule has 0 aliphatic carbocycles. The summed E-state index contributed by atoms with van der Waals surface area (Å²) in [6, 6.07) is 7.03. The van der Waals surface area contributed by atoms with E-state index in [0.717, 1.165) is 28.3 Å². The van der Waals surface area contributed by atoms with Crippen molar-refractivity contribution in [2.24, 2.45) is 0 Å². The van der Waals surface area contributed by atoms with Gasteiger partial charge in [0.25, 0.3) is 0 Å². The van der Waals surface area contributed by atoms with E-state index >= 15 is 0 Å². The minimum absolute atomic E-state index is 0.326. The average molecular weight is 308 g/mol. The number of hydrogen-bond donors (Lipinski definition) is 3. The van der Waals surface area contributed by atoms with Gasteiger partial charge >= 0.3 is 6.03 Å². The molecule has 0 aliphatic rings. The van der Waals surface area contributed by atoms with Gasteiger partial charge in [-0.05, 0) is 44.5 Å². The van der Waals surface area contributed by atoms with Crippen LogP contribution in [-0.2, 0) is 6.54 Å². The van der Waals surface area contributed by atoms with Crippen LogP contribution < -0.4 is 16.2 Å².